The highest BCUT2D eigenvalue weighted by atomic mass is 16.5. The van der Waals surface area contributed by atoms with Crippen molar-refractivity contribution in [1.29, 1.82) is 0 Å². The van der Waals surface area contributed by atoms with Gasteiger partial charge in [0.05, 0.1) is 0 Å². The molecular formula is C12H33N3O2. The van der Waals surface area contributed by atoms with Crippen LogP contribution in [0, 0.1) is 0 Å². The third-order valence-corrected chi connectivity index (χ3v) is 2.39. The highest BCUT2D eigenvalue weighted by Gasteiger charge is 1.91. The van der Waals surface area contributed by atoms with E-state index < -0.39 is 0 Å². The van der Waals surface area contributed by atoms with Gasteiger partial charge in [-0.05, 0) is 25.8 Å². The predicted molar refractivity (Wildman–Crippen MR) is 74.5 cm³/mol. The first-order chi connectivity index (χ1) is 7.91. The van der Waals surface area contributed by atoms with Crippen molar-refractivity contribution in [3.63, 3.8) is 0 Å². The average Bonchev–Trinajstić information content (AvgIpc) is 2.34. The van der Waals surface area contributed by atoms with Crippen LogP contribution in [0.4, 0.5) is 0 Å². The Morgan fingerprint density at radius 3 is 1.76 bits per heavy atom. The van der Waals surface area contributed by atoms with Crippen LogP contribution in [-0.2, 0) is 4.74 Å². The molecule has 0 heterocycles. The van der Waals surface area contributed by atoms with Crippen molar-refractivity contribution in [2.75, 3.05) is 19.8 Å². The van der Waals surface area contributed by atoms with Crippen LogP contribution >= 0.6 is 0 Å². The van der Waals surface area contributed by atoms with Gasteiger partial charge in [-0.2, -0.15) is 0 Å². The summed E-state index contributed by atoms with van der Waals surface area (Å²) in [6.45, 7) is 4.95. The molecule has 0 spiro atoms. The maximum Gasteiger partial charge on any atom is 0.0466 e. The summed E-state index contributed by atoms with van der Waals surface area (Å²) in [5.74, 6) is 8.00. The van der Waals surface area contributed by atoms with Crippen LogP contribution in [0.2, 0.25) is 0 Å². The van der Waals surface area contributed by atoms with Crippen LogP contribution in [0.25, 0.3) is 0 Å². The Morgan fingerprint density at radius 1 is 0.765 bits per heavy atom. The summed E-state index contributed by atoms with van der Waals surface area (Å²) in [6.07, 6.45) is 10.2. The van der Waals surface area contributed by atoms with E-state index in [1.54, 1.807) is 0 Å². The molecule has 0 aliphatic rings. The fourth-order valence-corrected chi connectivity index (χ4v) is 1.40. The van der Waals surface area contributed by atoms with Crippen molar-refractivity contribution in [2.24, 2.45) is 17.4 Å². The van der Waals surface area contributed by atoms with E-state index in [2.05, 4.69) is 18.6 Å². The molecule has 0 fully saturated rings. The molecule has 0 aromatic carbocycles. The second-order valence-electron chi connectivity index (χ2n) is 3.88. The second kappa shape index (κ2) is 24.9. The highest BCUT2D eigenvalue weighted by molar-refractivity contribution is 4.45. The number of nitrogens with two attached hydrogens (primary N) is 3. The number of hydrogen-bond acceptors (Lipinski definition) is 4. The number of hydrazine groups is 1. The molecule has 0 aromatic rings. The van der Waals surface area contributed by atoms with Gasteiger partial charge >= 0.3 is 0 Å². The zero-order valence-corrected chi connectivity index (χ0v) is 11.4. The molecule has 0 saturated carbocycles. The zero-order chi connectivity index (χ0) is 12.5. The summed E-state index contributed by atoms with van der Waals surface area (Å²) in [5, 5.41) is 0. The predicted octanol–water partition coefficient (Wildman–Crippen LogP) is 1.10. The first kappa shape index (κ1) is 22.0. The maximum absolute atomic E-state index is 5.48. The van der Waals surface area contributed by atoms with Gasteiger partial charge in [0, 0.05) is 13.2 Å². The largest absolute Gasteiger partial charge is 0.412 e. The lowest BCUT2D eigenvalue weighted by molar-refractivity contribution is 0.127. The maximum atomic E-state index is 5.48. The summed E-state index contributed by atoms with van der Waals surface area (Å²) in [6, 6.07) is 0. The Balaban J connectivity index is -0.000000616. The smallest absolute Gasteiger partial charge is 0.0466 e. The molecule has 5 heteroatoms. The summed E-state index contributed by atoms with van der Waals surface area (Å²) in [4.78, 5) is 0. The van der Waals surface area contributed by atoms with Crippen LogP contribution in [0.3, 0.4) is 0 Å². The van der Waals surface area contributed by atoms with Gasteiger partial charge in [0.2, 0.25) is 0 Å². The molecule has 0 saturated heterocycles. The monoisotopic (exact) mass is 251 g/mol. The fraction of sp³-hybridized carbons (Fsp3) is 1.00. The van der Waals surface area contributed by atoms with E-state index in [1.807, 2.05) is 0 Å². The second-order valence-corrected chi connectivity index (χ2v) is 3.88. The molecular weight excluding hydrogens is 218 g/mol. The first-order valence-corrected chi connectivity index (χ1v) is 6.53. The molecule has 0 rings (SSSR count). The van der Waals surface area contributed by atoms with Crippen LogP contribution in [-0.4, -0.2) is 25.2 Å². The average molecular weight is 251 g/mol. The van der Waals surface area contributed by atoms with Crippen molar-refractivity contribution in [3.05, 3.63) is 0 Å². The molecule has 108 valence electrons. The van der Waals surface area contributed by atoms with Gasteiger partial charge in [-0.15, -0.1) is 0 Å². The molecule has 8 N–H and O–H groups in total. The lowest BCUT2D eigenvalue weighted by atomic mass is 10.1. The molecule has 0 radical (unpaired) electrons. The van der Waals surface area contributed by atoms with Crippen molar-refractivity contribution in [3.8, 4) is 0 Å². The minimum atomic E-state index is 0. The number of hydrogen-bond donors (Lipinski definition) is 3. The lowest BCUT2D eigenvalue weighted by Gasteiger charge is -2.03. The molecule has 17 heavy (non-hydrogen) atoms. The molecule has 0 atom stereocenters. The van der Waals surface area contributed by atoms with Crippen LogP contribution in [0.1, 0.15) is 58.3 Å². The van der Waals surface area contributed by atoms with E-state index in [4.69, 9.17) is 10.5 Å². The Labute approximate surface area is 106 Å². The summed E-state index contributed by atoms with van der Waals surface area (Å²) in [5.41, 5.74) is 5.42. The van der Waals surface area contributed by atoms with Crippen LogP contribution in [0.5, 0.6) is 0 Å². The van der Waals surface area contributed by atoms with Crippen molar-refractivity contribution >= 4 is 0 Å². The first-order valence-electron chi connectivity index (χ1n) is 6.53. The quantitative estimate of drug-likeness (QED) is 0.289. The fourth-order valence-electron chi connectivity index (χ4n) is 1.40. The normalized spacial score (nSPS) is 9.18. The van der Waals surface area contributed by atoms with Gasteiger partial charge in [0.15, 0.2) is 0 Å². The van der Waals surface area contributed by atoms with Gasteiger partial charge in [-0.1, -0.05) is 39.0 Å². The highest BCUT2D eigenvalue weighted by Crippen LogP contribution is 2.04. The Kier molecular flexibility index (Phi) is 32.2. The van der Waals surface area contributed by atoms with Crippen molar-refractivity contribution in [1.82, 2.24) is 0 Å². The standard InChI is InChI=1S/C12H27NO.H4N2.H2O/c1-2-3-11-14-12-9-7-5-4-6-8-10-13;1-2;/h2-13H2,1H3;1-2H2;1H2. The van der Waals surface area contributed by atoms with Gasteiger partial charge < -0.3 is 15.9 Å². The van der Waals surface area contributed by atoms with E-state index in [1.165, 1.54) is 51.4 Å². The van der Waals surface area contributed by atoms with Gasteiger partial charge in [-0.3, -0.25) is 11.7 Å². The molecule has 0 amide bonds. The van der Waals surface area contributed by atoms with Crippen molar-refractivity contribution in [2.45, 2.75) is 58.3 Å². The third kappa shape index (κ3) is 25.8. The molecule has 0 aliphatic heterocycles. The van der Waals surface area contributed by atoms with Crippen LogP contribution in [0.15, 0.2) is 0 Å². The zero-order valence-electron chi connectivity index (χ0n) is 11.4. The van der Waals surface area contributed by atoms with E-state index in [-0.39, 0.29) is 5.48 Å². The topological polar surface area (TPSA) is 119 Å². The molecule has 5 nitrogen and oxygen atoms in total. The Morgan fingerprint density at radius 2 is 1.24 bits per heavy atom. The molecule has 0 bridgehead atoms. The van der Waals surface area contributed by atoms with Crippen molar-refractivity contribution < 1.29 is 10.2 Å². The summed E-state index contributed by atoms with van der Waals surface area (Å²) >= 11 is 0. The van der Waals surface area contributed by atoms with E-state index in [0.29, 0.717) is 0 Å². The lowest BCUT2D eigenvalue weighted by Crippen LogP contribution is -2.02. The van der Waals surface area contributed by atoms with Gasteiger partial charge in [0.1, 0.15) is 0 Å². The van der Waals surface area contributed by atoms with Gasteiger partial charge in [0.25, 0.3) is 0 Å². The number of unbranched alkanes of at least 4 members (excludes halogenated alkanes) is 6. The Hall–Kier alpha value is -0.200. The van der Waals surface area contributed by atoms with E-state index in [9.17, 15) is 0 Å². The van der Waals surface area contributed by atoms with Gasteiger partial charge in [-0.25, -0.2) is 0 Å². The van der Waals surface area contributed by atoms with E-state index >= 15 is 0 Å². The summed E-state index contributed by atoms with van der Waals surface area (Å²) in [7, 11) is 0. The third-order valence-electron chi connectivity index (χ3n) is 2.39. The molecule has 0 aromatic heterocycles. The molecule has 0 unspecified atom stereocenters. The Bertz CT molecular complexity index is 93.8. The summed E-state index contributed by atoms with van der Waals surface area (Å²) < 4.78 is 5.48. The van der Waals surface area contributed by atoms with Crippen LogP contribution < -0.4 is 17.4 Å². The molecule has 0 aliphatic carbocycles. The SMILES string of the molecule is CCCCOCCCCCCCCN.NN.O. The van der Waals surface area contributed by atoms with E-state index in [0.717, 1.165) is 19.8 Å². The minimum Gasteiger partial charge on any atom is -0.412 e. The number of rotatable bonds is 11. The number of ether oxygens (including phenoxy) is 1. The minimum absolute atomic E-state index is 0.